The van der Waals surface area contributed by atoms with E-state index in [4.69, 9.17) is 4.74 Å². The molecule has 0 saturated heterocycles. The molecule has 0 aromatic carbocycles. The number of aromatic nitrogens is 2. The molecule has 1 aliphatic carbocycles. The maximum absolute atomic E-state index is 5.62. The summed E-state index contributed by atoms with van der Waals surface area (Å²) in [7, 11) is 0. The van der Waals surface area contributed by atoms with Gasteiger partial charge in [0.25, 0.3) is 0 Å². The minimum atomic E-state index is 0.676. The molecule has 0 unspecified atom stereocenters. The molecule has 1 aromatic rings. The van der Waals surface area contributed by atoms with Gasteiger partial charge in [0, 0.05) is 31.6 Å². The lowest BCUT2D eigenvalue weighted by Gasteiger charge is -2.18. The molecule has 0 amide bonds. The third-order valence-corrected chi connectivity index (χ3v) is 3.83. The Morgan fingerprint density at radius 2 is 2.11 bits per heavy atom. The highest BCUT2D eigenvalue weighted by atomic mass is 16.5. The number of rotatable bonds is 4. The van der Waals surface area contributed by atoms with Gasteiger partial charge in [0.1, 0.15) is 6.33 Å². The van der Waals surface area contributed by atoms with Crippen molar-refractivity contribution in [2.45, 2.75) is 32.6 Å². The van der Waals surface area contributed by atoms with Crippen molar-refractivity contribution in [2.75, 3.05) is 26.2 Å². The van der Waals surface area contributed by atoms with Gasteiger partial charge in [0.15, 0.2) is 0 Å². The molecule has 0 atom stereocenters. The molecule has 4 nitrogen and oxygen atoms in total. The van der Waals surface area contributed by atoms with Crippen molar-refractivity contribution in [2.24, 2.45) is 5.92 Å². The summed E-state index contributed by atoms with van der Waals surface area (Å²) in [5, 5.41) is 0. The molecule has 4 heteroatoms. The van der Waals surface area contributed by atoms with Gasteiger partial charge in [-0.25, -0.2) is 9.97 Å². The molecule has 18 heavy (non-hydrogen) atoms. The molecule has 0 radical (unpaired) electrons. The fourth-order valence-corrected chi connectivity index (χ4v) is 2.65. The van der Waals surface area contributed by atoms with Gasteiger partial charge in [0.2, 0.25) is 5.88 Å². The quantitative estimate of drug-likeness (QED) is 0.811. The largest absolute Gasteiger partial charge is 0.478 e. The zero-order valence-electron chi connectivity index (χ0n) is 11.1. The molecular formula is C14H21N3O. The highest BCUT2D eigenvalue weighted by molar-refractivity contribution is 5.31. The van der Waals surface area contributed by atoms with E-state index in [1.807, 2.05) is 6.92 Å². The van der Waals surface area contributed by atoms with Crippen molar-refractivity contribution in [1.82, 2.24) is 14.9 Å². The molecule has 98 valence electrons. The van der Waals surface area contributed by atoms with Crippen LogP contribution in [0.4, 0.5) is 0 Å². The molecule has 0 spiro atoms. The van der Waals surface area contributed by atoms with Crippen LogP contribution < -0.4 is 4.74 Å². The number of hydrogen-bond donors (Lipinski definition) is 0. The zero-order chi connectivity index (χ0) is 12.4. The van der Waals surface area contributed by atoms with Gasteiger partial charge in [-0.2, -0.15) is 0 Å². The minimum absolute atomic E-state index is 0.676. The predicted molar refractivity (Wildman–Crippen MR) is 69.8 cm³/mol. The SMILES string of the molecule is CCOc1ncnc2c1CCN(CC1CC1)CC2. The van der Waals surface area contributed by atoms with Crippen molar-refractivity contribution in [3.63, 3.8) is 0 Å². The second-order valence-electron chi connectivity index (χ2n) is 5.28. The molecule has 3 rings (SSSR count). The zero-order valence-corrected chi connectivity index (χ0v) is 11.1. The third-order valence-electron chi connectivity index (χ3n) is 3.83. The molecule has 0 N–H and O–H groups in total. The molecule has 0 bridgehead atoms. The summed E-state index contributed by atoms with van der Waals surface area (Å²) in [6, 6.07) is 0. The average Bonchev–Trinajstić information content (AvgIpc) is 3.19. The van der Waals surface area contributed by atoms with Gasteiger partial charge in [-0.3, -0.25) is 0 Å². The van der Waals surface area contributed by atoms with Crippen LogP contribution in [0.1, 0.15) is 31.0 Å². The minimum Gasteiger partial charge on any atom is -0.478 e. The molecule has 1 aromatic heterocycles. The van der Waals surface area contributed by atoms with Crippen molar-refractivity contribution in [3.8, 4) is 5.88 Å². The number of nitrogens with zero attached hydrogens (tertiary/aromatic N) is 3. The summed E-state index contributed by atoms with van der Waals surface area (Å²) in [6.07, 6.45) is 6.55. The Morgan fingerprint density at radius 3 is 2.89 bits per heavy atom. The first-order valence-corrected chi connectivity index (χ1v) is 7.04. The van der Waals surface area contributed by atoms with Gasteiger partial charge in [-0.15, -0.1) is 0 Å². The van der Waals surface area contributed by atoms with E-state index in [1.165, 1.54) is 30.6 Å². The Kier molecular flexibility index (Phi) is 3.46. The Hall–Kier alpha value is -1.16. The lowest BCUT2D eigenvalue weighted by molar-refractivity contribution is 0.274. The lowest BCUT2D eigenvalue weighted by atomic mass is 10.1. The fourth-order valence-electron chi connectivity index (χ4n) is 2.65. The van der Waals surface area contributed by atoms with Gasteiger partial charge >= 0.3 is 0 Å². The van der Waals surface area contributed by atoms with Crippen LogP contribution in [0.3, 0.4) is 0 Å². The topological polar surface area (TPSA) is 38.3 Å². The van der Waals surface area contributed by atoms with E-state index in [2.05, 4.69) is 14.9 Å². The molecule has 2 aliphatic rings. The van der Waals surface area contributed by atoms with Crippen molar-refractivity contribution >= 4 is 0 Å². The molecular weight excluding hydrogens is 226 g/mol. The van der Waals surface area contributed by atoms with E-state index in [0.717, 1.165) is 37.7 Å². The van der Waals surface area contributed by atoms with E-state index in [0.29, 0.717) is 6.61 Å². The smallest absolute Gasteiger partial charge is 0.219 e. The standard InChI is InChI=1S/C14H21N3O/c1-2-18-14-12-5-7-17(9-11-3-4-11)8-6-13(12)15-10-16-14/h10-11H,2-9H2,1H3. The van der Waals surface area contributed by atoms with E-state index in [1.54, 1.807) is 6.33 Å². The Morgan fingerprint density at radius 1 is 1.28 bits per heavy atom. The van der Waals surface area contributed by atoms with Crippen LogP contribution >= 0.6 is 0 Å². The number of ether oxygens (including phenoxy) is 1. The molecule has 1 aliphatic heterocycles. The van der Waals surface area contributed by atoms with Crippen LogP contribution in [0.2, 0.25) is 0 Å². The maximum atomic E-state index is 5.62. The summed E-state index contributed by atoms with van der Waals surface area (Å²) >= 11 is 0. The van der Waals surface area contributed by atoms with Gasteiger partial charge in [0.05, 0.1) is 12.3 Å². The summed E-state index contributed by atoms with van der Waals surface area (Å²) in [5.74, 6) is 1.76. The highest BCUT2D eigenvalue weighted by Gasteiger charge is 2.26. The summed E-state index contributed by atoms with van der Waals surface area (Å²) < 4.78 is 5.62. The van der Waals surface area contributed by atoms with Crippen molar-refractivity contribution in [3.05, 3.63) is 17.6 Å². The van der Waals surface area contributed by atoms with Crippen LogP contribution in [0.25, 0.3) is 0 Å². The van der Waals surface area contributed by atoms with Crippen LogP contribution in [0, 0.1) is 5.92 Å². The van der Waals surface area contributed by atoms with E-state index in [9.17, 15) is 0 Å². The normalized spacial score (nSPS) is 20.3. The number of hydrogen-bond acceptors (Lipinski definition) is 4. The van der Waals surface area contributed by atoms with Crippen molar-refractivity contribution in [1.29, 1.82) is 0 Å². The molecule has 2 heterocycles. The Labute approximate surface area is 108 Å². The predicted octanol–water partition coefficient (Wildman–Crippen LogP) is 1.69. The van der Waals surface area contributed by atoms with Crippen LogP contribution in [-0.2, 0) is 12.8 Å². The van der Waals surface area contributed by atoms with E-state index >= 15 is 0 Å². The summed E-state index contributed by atoms with van der Waals surface area (Å²) in [4.78, 5) is 11.3. The maximum Gasteiger partial charge on any atom is 0.219 e. The fraction of sp³-hybridized carbons (Fsp3) is 0.714. The summed E-state index contributed by atoms with van der Waals surface area (Å²) in [5.41, 5.74) is 2.42. The van der Waals surface area contributed by atoms with Gasteiger partial charge in [-0.1, -0.05) is 0 Å². The average molecular weight is 247 g/mol. The molecule has 1 fully saturated rings. The molecule has 1 saturated carbocycles. The van der Waals surface area contributed by atoms with Crippen LogP contribution in [0.15, 0.2) is 6.33 Å². The third kappa shape index (κ3) is 2.64. The van der Waals surface area contributed by atoms with Crippen molar-refractivity contribution < 1.29 is 4.74 Å². The van der Waals surface area contributed by atoms with Crippen LogP contribution in [0.5, 0.6) is 5.88 Å². The Balaban J connectivity index is 1.73. The van der Waals surface area contributed by atoms with E-state index in [-0.39, 0.29) is 0 Å². The first-order chi connectivity index (χ1) is 8.86. The van der Waals surface area contributed by atoms with Crippen LogP contribution in [-0.4, -0.2) is 41.1 Å². The number of fused-ring (bicyclic) bond motifs is 1. The summed E-state index contributed by atoms with van der Waals surface area (Å²) in [6.45, 7) is 6.20. The second kappa shape index (κ2) is 5.22. The lowest BCUT2D eigenvalue weighted by Crippen LogP contribution is -2.28. The first-order valence-electron chi connectivity index (χ1n) is 7.04. The first kappa shape index (κ1) is 11.9. The second-order valence-corrected chi connectivity index (χ2v) is 5.28. The highest BCUT2D eigenvalue weighted by Crippen LogP contribution is 2.30. The van der Waals surface area contributed by atoms with E-state index < -0.39 is 0 Å². The van der Waals surface area contributed by atoms with Gasteiger partial charge in [-0.05, 0) is 32.1 Å². The Bertz CT molecular complexity index is 418. The monoisotopic (exact) mass is 247 g/mol. The van der Waals surface area contributed by atoms with Gasteiger partial charge < -0.3 is 9.64 Å².